The van der Waals surface area contributed by atoms with Gasteiger partial charge in [0, 0.05) is 28.3 Å². The highest BCUT2D eigenvalue weighted by Crippen LogP contribution is 2.23. The molecule has 8 heteroatoms. The summed E-state index contributed by atoms with van der Waals surface area (Å²) in [6.07, 6.45) is 0.970. The number of rotatable bonds is 5. The van der Waals surface area contributed by atoms with Crippen LogP contribution in [0, 0.1) is 15.3 Å². The number of nitrogens with zero attached hydrogens (tertiary/aromatic N) is 1. The molecule has 27 heavy (non-hydrogen) atoms. The van der Waals surface area contributed by atoms with E-state index in [9.17, 15) is 17.6 Å². The number of carbonyl (C=O) groups is 1. The standard InChI is InChI=1S/C19H20FIN2O3S/c20-16-3-1-14(2-4-16)13-27(25,26)23-11-9-15(10-12-23)19(24)22-18-7-5-17(21)6-8-18/h1-8,15H,9-13H2,(H,22,24). The molecule has 0 unspecified atom stereocenters. The normalized spacial score (nSPS) is 16.2. The van der Waals surface area contributed by atoms with Crippen LogP contribution in [0.4, 0.5) is 10.1 Å². The number of sulfonamides is 1. The number of halogens is 2. The maximum Gasteiger partial charge on any atom is 0.227 e. The van der Waals surface area contributed by atoms with Crippen LogP contribution in [0.25, 0.3) is 0 Å². The lowest BCUT2D eigenvalue weighted by Gasteiger charge is -2.30. The molecule has 1 saturated heterocycles. The van der Waals surface area contributed by atoms with E-state index in [0.29, 0.717) is 31.5 Å². The summed E-state index contributed by atoms with van der Waals surface area (Å²) in [6, 6.07) is 13.0. The monoisotopic (exact) mass is 502 g/mol. The zero-order valence-corrected chi connectivity index (χ0v) is 17.5. The largest absolute Gasteiger partial charge is 0.326 e. The van der Waals surface area contributed by atoms with Crippen molar-refractivity contribution in [2.75, 3.05) is 18.4 Å². The lowest BCUT2D eigenvalue weighted by Crippen LogP contribution is -2.41. The third kappa shape index (κ3) is 5.49. The minimum absolute atomic E-state index is 0.0770. The Morgan fingerprint density at radius 1 is 1.07 bits per heavy atom. The molecule has 144 valence electrons. The van der Waals surface area contributed by atoms with Crippen LogP contribution in [-0.4, -0.2) is 31.7 Å². The van der Waals surface area contributed by atoms with E-state index >= 15 is 0 Å². The number of anilines is 1. The van der Waals surface area contributed by atoms with Crippen molar-refractivity contribution in [3.05, 3.63) is 63.5 Å². The molecule has 0 spiro atoms. The summed E-state index contributed by atoms with van der Waals surface area (Å²) in [4.78, 5) is 12.4. The van der Waals surface area contributed by atoms with Gasteiger partial charge in [-0.1, -0.05) is 12.1 Å². The molecule has 0 radical (unpaired) electrons. The van der Waals surface area contributed by atoms with Crippen LogP contribution in [0.5, 0.6) is 0 Å². The first-order chi connectivity index (χ1) is 12.8. The number of hydrogen-bond acceptors (Lipinski definition) is 3. The molecular weight excluding hydrogens is 482 g/mol. The van der Waals surface area contributed by atoms with Crippen molar-refractivity contribution in [3.8, 4) is 0 Å². The molecule has 2 aromatic rings. The van der Waals surface area contributed by atoms with Crippen molar-refractivity contribution in [1.82, 2.24) is 4.31 Å². The quantitative estimate of drug-likeness (QED) is 0.636. The van der Waals surface area contributed by atoms with Gasteiger partial charge >= 0.3 is 0 Å². The molecule has 1 fully saturated rings. The van der Waals surface area contributed by atoms with Crippen LogP contribution in [0.3, 0.4) is 0 Å². The number of nitrogens with one attached hydrogen (secondary N) is 1. The van der Waals surface area contributed by atoms with Gasteiger partial charge in [-0.25, -0.2) is 17.1 Å². The summed E-state index contributed by atoms with van der Waals surface area (Å²) in [5.41, 5.74) is 1.29. The van der Waals surface area contributed by atoms with Gasteiger partial charge in [0.15, 0.2) is 0 Å². The van der Waals surface area contributed by atoms with Crippen molar-refractivity contribution in [3.63, 3.8) is 0 Å². The Hall–Kier alpha value is -1.52. The molecule has 0 atom stereocenters. The minimum atomic E-state index is -3.48. The van der Waals surface area contributed by atoms with Crippen LogP contribution in [0.2, 0.25) is 0 Å². The van der Waals surface area contributed by atoms with Gasteiger partial charge in [-0.15, -0.1) is 0 Å². The molecule has 0 aliphatic carbocycles. The summed E-state index contributed by atoms with van der Waals surface area (Å²) in [7, 11) is -3.48. The number of carbonyl (C=O) groups excluding carboxylic acids is 1. The number of piperidine rings is 1. The van der Waals surface area contributed by atoms with Crippen molar-refractivity contribution in [2.24, 2.45) is 5.92 Å². The summed E-state index contributed by atoms with van der Waals surface area (Å²) >= 11 is 2.20. The molecule has 1 heterocycles. The summed E-state index contributed by atoms with van der Waals surface area (Å²) < 4.78 is 40.6. The van der Waals surface area contributed by atoms with E-state index in [0.717, 1.165) is 9.26 Å². The van der Waals surface area contributed by atoms with E-state index in [1.54, 1.807) is 0 Å². The van der Waals surface area contributed by atoms with E-state index in [-0.39, 0.29) is 17.6 Å². The van der Waals surface area contributed by atoms with Crippen LogP contribution >= 0.6 is 22.6 Å². The Morgan fingerprint density at radius 2 is 1.67 bits per heavy atom. The number of hydrogen-bond donors (Lipinski definition) is 1. The second kappa shape index (κ2) is 8.66. The fraction of sp³-hybridized carbons (Fsp3) is 0.316. The van der Waals surface area contributed by atoms with Gasteiger partial charge in [0.25, 0.3) is 0 Å². The molecule has 1 aliphatic heterocycles. The first-order valence-corrected chi connectivity index (χ1v) is 11.3. The van der Waals surface area contributed by atoms with Gasteiger partial charge in [-0.3, -0.25) is 4.79 Å². The first kappa shape index (κ1) is 20.2. The summed E-state index contributed by atoms with van der Waals surface area (Å²) in [5.74, 6) is -0.836. The van der Waals surface area contributed by atoms with Gasteiger partial charge in [0.2, 0.25) is 15.9 Å². The molecular formula is C19H20FIN2O3S. The van der Waals surface area contributed by atoms with E-state index in [2.05, 4.69) is 27.9 Å². The van der Waals surface area contributed by atoms with Crippen molar-refractivity contribution in [2.45, 2.75) is 18.6 Å². The SMILES string of the molecule is O=C(Nc1ccc(I)cc1)C1CCN(S(=O)(=O)Cc2ccc(F)cc2)CC1. The minimum Gasteiger partial charge on any atom is -0.326 e. The molecule has 1 amide bonds. The summed E-state index contributed by atoms with van der Waals surface area (Å²) in [6.45, 7) is 0.628. The lowest BCUT2D eigenvalue weighted by atomic mass is 9.97. The fourth-order valence-electron chi connectivity index (χ4n) is 3.06. The molecule has 1 aliphatic rings. The highest BCUT2D eigenvalue weighted by molar-refractivity contribution is 14.1. The van der Waals surface area contributed by atoms with E-state index < -0.39 is 15.8 Å². The van der Waals surface area contributed by atoms with Crippen molar-refractivity contribution >= 4 is 44.2 Å². The Balaban J connectivity index is 1.55. The smallest absolute Gasteiger partial charge is 0.227 e. The molecule has 1 N–H and O–H groups in total. The zero-order valence-electron chi connectivity index (χ0n) is 14.6. The molecule has 2 aromatic carbocycles. The predicted octanol–water partition coefficient (Wildman–Crippen LogP) is 3.61. The lowest BCUT2D eigenvalue weighted by molar-refractivity contribution is -0.120. The van der Waals surface area contributed by atoms with Gasteiger partial charge < -0.3 is 5.32 Å². The molecule has 0 aromatic heterocycles. The number of amides is 1. The van der Waals surface area contributed by atoms with Gasteiger partial charge in [-0.2, -0.15) is 0 Å². The van der Waals surface area contributed by atoms with E-state index in [4.69, 9.17) is 0 Å². The molecule has 3 rings (SSSR count). The van der Waals surface area contributed by atoms with Gasteiger partial charge in [-0.05, 0) is 77.4 Å². The second-order valence-electron chi connectivity index (χ2n) is 6.55. The van der Waals surface area contributed by atoms with Crippen molar-refractivity contribution in [1.29, 1.82) is 0 Å². The maximum absolute atomic E-state index is 13.0. The molecule has 0 bridgehead atoms. The molecule has 5 nitrogen and oxygen atoms in total. The third-order valence-corrected chi connectivity index (χ3v) is 7.16. The highest BCUT2D eigenvalue weighted by Gasteiger charge is 2.31. The average Bonchev–Trinajstić information content (AvgIpc) is 2.65. The van der Waals surface area contributed by atoms with Crippen molar-refractivity contribution < 1.29 is 17.6 Å². The third-order valence-electron chi connectivity index (χ3n) is 4.59. The molecule has 0 saturated carbocycles. The Morgan fingerprint density at radius 3 is 2.26 bits per heavy atom. The van der Waals surface area contributed by atoms with Crippen LogP contribution in [0.15, 0.2) is 48.5 Å². The van der Waals surface area contributed by atoms with Crippen LogP contribution in [0.1, 0.15) is 18.4 Å². The van der Waals surface area contributed by atoms with E-state index in [1.165, 1.54) is 28.6 Å². The Kier molecular flexibility index (Phi) is 6.48. The topological polar surface area (TPSA) is 66.5 Å². The zero-order chi connectivity index (χ0) is 19.4. The van der Waals surface area contributed by atoms with Gasteiger partial charge in [0.05, 0.1) is 5.75 Å². The average molecular weight is 502 g/mol. The fourth-order valence-corrected chi connectivity index (χ4v) is 4.98. The Bertz CT molecular complexity index is 894. The maximum atomic E-state index is 13.0. The summed E-state index contributed by atoms with van der Waals surface area (Å²) in [5, 5.41) is 2.89. The van der Waals surface area contributed by atoms with Crippen LogP contribution in [-0.2, 0) is 20.6 Å². The predicted molar refractivity (Wildman–Crippen MR) is 111 cm³/mol. The van der Waals surface area contributed by atoms with Gasteiger partial charge in [0.1, 0.15) is 5.82 Å². The number of benzene rings is 2. The Labute approximate surface area is 172 Å². The first-order valence-electron chi connectivity index (χ1n) is 8.62. The second-order valence-corrected chi connectivity index (χ2v) is 9.77. The van der Waals surface area contributed by atoms with Crippen LogP contribution < -0.4 is 5.32 Å². The highest BCUT2D eigenvalue weighted by atomic mass is 127. The van der Waals surface area contributed by atoms with E-state index in [1.807, 2.05) is 24.3 Å².